The van der Waals surface area contributed by atoms with Gasteiger partial charge in [-0.1, -0.05) is 26.8 Å². The summed E-state index contributed by atoms with van der Waals surface area (Å²) in [5, 5.41) is 4.58. The number of carbonyl (C=O) groups excluding carboxylic acids is 2. The van der Waals surface area contributed by atoms with Crippen molar-refractivity contribution in [1.29, 1.82) is 0 Å². The minimum Gasteiger partial charge on any atom is -0.489 e. The molecule has 272 valence electrons. The van der Waals surface area contributed by atoms with Gasteiger partial charge in [-0.3, -0.25) is 14.5 Å². The Morgan fingerprint density at radius 3 is 2.28 bits per heavy atom. The fraction of sp³-hybridized carbons (Fsp3) is 0.486. The molecule has 2 aromatic carbocycles. The minimum atomic E-state index is -3.63. The van der Waals surface area contributed by atoms with Crippen LogP contribution >= 0.6 is 0 Å². The Kier molecular flexibility index (Phi) is 12.1. The number of benzene rings is 2. The van der Waals surface area contributed by atoms with Crippen LogP contribution in [0.15, 0.2) is 48.7 Å². The first-order valence-corrected chi connectivity index (χ1v) is 18.7. The number of nitrogens with zero attached hydrogens (tertiary/aromatic N) is 2. The predicted octanol–water partition coefficient (Wildman–Crippen LogP) is 7.62. The SMILES string of the molecule is CCOc1c(NC(=O)c2ccc(C)c(Oc3ccnc(CC4CCN(OC(=O)OC(C)(C)C)CC4)c3)c2)cc(C(C)(C)C)cc1NS(C)(=O)=O. The van der Waals surface area contributed by atoms with E-state index < -0.39 is 27.7 Å². The lowest BCUT2D eigenvalue weighted by Crippen LogP contribution is -2.38. The van der Waals surface area contributed by atoms with Crippen molar-refractivity contribution in [3.05, 3.63) is 71.0 Å². The Labute approximate surface area is 295 Å². The van der Waals surface area contributed by atoms with E-state index in [-0.39, 0.29) is 23.5 Å². The number of ether oxygens (including phenoxy) is 3. The number of carbonyl (C=O) groups is 2. The van der Waals surface area contributed by atoms with Gasteiger partial charge in [0.1, 0.15) is 17.1 Å². The second-order valence-corrected chi connectivity index (χ2v) is 16.4. The molecule has 0 aliphatic carbocycles. The minimum absolute atomic E-state index is 0.230. The highest BCUT2D eigenvalue weighted by atomic mass is 32.2. The molecule has 0 saturated carbocycles. The van der Waals surface area contributed by atoms with Gasteiger partial charge in [0, 0.05) is 36.6 Å². The van der Waals surface area contributed by atoms with Gasteiger partial charge in [0.05, 0.1) is 24.2 Å². The topological polar surface area (TPSA) is 145 Å². The van der Waals surface area contributed by atoms with E-state index in [1.54, 1.807) is 69.3 Å². The number of amides is 1. The lowest BCUT2D eigenvalue weighted by Gasteiger charge is -2.30. The fourth-order valence-electron chi connectivity index (χ4n) is 5.41. The van der Waals surface area contributed by atoms with Crippen molar-refractivity contribution in [1.82, 2.24) is 10.0 Å². The number of hydrogen-bond acceptors (Lipinski definition) is 10. The smallest absolute Gasteiger partial charge is 0.489 e. The van der Waals surface area contributed by atoms with Crippen molar-refractivity contribution < 1.29 is 37.1 Å². The summed E-state index contributed by atoms with van der Waals surface area (Å²) in [5.41, 5.74) is 2.50. The van der Waals surface area contributed by atoms with Crippen LogP contribution in [-0.4, -0.2) is 62.1 Å². The summed E-state index contributed by atoms with van der Waals surface area (Å²) in [4.78, 5) is 35.6. The number of pyridine rings is 1. The quantitative estimate of drug-likeness (QED) is 0.191. The van der Waals surface area contributed by atoms with Crippen LogP contribution < -0.4 is 19.5 Å². The monoisotopic (exact) mass is 710 g/mol. The van der Waals surface area contributed by atoms with Crippen molar-refractivity contribution in [2.75, 3.05) is 36.0 Å². The fourth-order valence-corrected chi connectivity index (χ4v) is 5.96. The predicted molar refractivity (Wildman–Crippen MR) is 194 cm³/mol. The van der Waals surface area contributed by atoms with Gasteiger partial charge in [0.2, 0.25) is 10.0 Å². The number of aromatic nitrogens is 1. The number of sulfonamides is 1. The Balaban J connectivity index is 1.47. The molecule has 2 heterocycles. The van der Waals surface area contributed by atoms with E-state index in [1.807, 2.05) is 39.8 Å². The standard InChI is InChI=1S/C37H50N4O8S/c1-10-46-33-30(21-27(36(3,4)5)22-31(33)40-50(9,44)45)39-34(42)26-12-11-24(2)32(20-26)47-29-13-16-38-28(23-29)19-25-14-17-41(18-15-25)49-35(43)48-37(6,7)8/h11-13,16,20-23,25,40H,10,14-15,17-19H2,1-9H3,(H,39,42). The zero-order valence-electron chi connectivity index (χ0n) is 30.5. The van der Waals surface area contributed by atoms with E-state index in [1.165, 1.54) is 0 Å². The number of anilines is 2. The van der Waals surface area contributed by atoms with E-state index in [0.29, 0.717) is 41.8 Å². The third kappa shape index (κ3) is 11.3. The van der Waals surface area contributed by atoms with Crippen molar-refractivity contribution in [3.8, 4) is 17.2 Å². The maximum atomic E-state index is 13.7. The molecule has 0 radical (unpaired) electrons. The number of hydroxylamine groups is 2. The van der Waals surface area contributed by atoms with Gasteiger partial charge in [-0.2, -0.15) is 0 Å². The van der Waals surface area contributed by atoms with Crippen molar-refractivity contribution in [2.45, 2.75) is 85.7 Å². The van der Waals surface area contributed by atoms with Crippen LogP contribution in [0.4, 0.5) is 16.2 Å². The molecular weight excluding hydrogens is 660 g/mol. The van der Waals surface area contributed by atoms with Gasteiger partial charge in [-0.05, 0) is 107 Å². The van der Waals surface area contributed by atoms with Gasteiger partial charge >= 0.3 is 6.16 Å². The molecule has 0 spiro atoms. The number of nitrogens with one attached hydrogen (secondary N) is 2. The molecule has 13 heteroatoms. The maximum absolute atomic E-state index is 13.7. The summed E-state index contributed by atoms with van der Waals surface area (Å²) in [6, 6.07) is 12.4. The molecule has 2 N–H and O–H groups in total. The summed E-state index contributed by atoms with van der Waals surface area (Å²) >= 11 is 0. The van der Waals surface area contributed by atoms with Crippen LogP contribution in [0.5, 0.6) is 17.2 Å². The van der Waals surface area contributed by atoms with Gasteiger partial charge in [-0.15, -0.1) is 5.06 Å². The lowest BCUT2D eigenvalue weighted by atomic mass is 9.86. The van der Waals surface area contributed by atoms with Crippen molar-refractivity contribution >= 4 is 33.5 Å². The molecule has 3 aromatic rings. The molecule has 1 saturated heterocycles. The average molecular weight is 711 g/mol. The van der Waals surface area contributed by atoms with E-state index in [2.05, 4.69) is 15.0 Å². The van der Waals surface area contributed by atoms with Crippen LogP contribution in [0.1, 0.15) is 88.5 Å². The summed E-state index contributed by atoms with van der Waals surface area (Å²) in [7, 11) is -3.63. The first-order chi connectivity index (χ1) is 23.3. The third-order valence-corrected chi connectivity index (χ3v) is 8.51. The van der Waals surface area contributed by atoms with Gasteiger partial charge in [-0.25, -0.2) is 13.2 Å². The molecule has 1 aromatic heterocycles. The second kappa shape index (κ2) is 15.7. The zero-order chi connectivity index (χ0) is 36.9. The molecule has 0 atom stereocenters. The van der Waals surface area contributed by atoms with E-state index in [4.69, 9.17) is 19.0 Å². The Morgan fingerprint density at radius 2 is 1.66 bits per heavy atom. The molecule has 1 aliphatic heterocycles. The van der Waals surface area contributed by atoms with E-state index >= 15 is 0 Å². The van der Waals surface area contributed by atoms with Crippen LogP contribution in [0.3, 0.4) is 0 Å². The number of aryl methyl sites for hydroxylation is 1. The van der Waals surface area contributed by atoms with Gasteiger partial charge in [0.25, 0.3) is 5.91 Å². The van der Waals surface area contributed by atoms with Crippen LogP contribution in [-0.2, 0) is 31.4 Å². The molecule has 12 nitrogen and oxygen atoms in total. The summed E-state index contributed by atoms with van der Waals surface area (Å²) in [6.07, 6.45) is 4.49. The summed E-state index contributed by atoms with van der Waals surface area (Å²) < 4.78 is 44.3. The van der Waals surface area contributed by atoms with Crippen LogP contribution in [0.2, 0.25) is 0 Å². The molecule has 1 amide bonds. The van der Waals surface area contributed by atoms with Gasteiger partial charge in [0.15, 0.2) is 5.75 Å². The van der Waals surface area contributed by atoms with E-state index in [0.717, 1.165) is 42.3 Å². The molecule has 4 rings (SSSR count). The van der Waals surface area contributed by atoms with Crippen LogP contribution in [0, 0.1) is 12.8 Å². The van der Waals surface area contributed by atoms with Crippen molar-refractivity contribution in [2.24, 2.45) is 5.92 Å². The average Bonchev–Trinajstić information content (AvgIpc) is 2.98. The first-order valence-electron chi connectivity index (χ1n) is 16.8. The number of piperidine rings is 1. The Morgan fingerprint density at radius 1 is 0.980 bits per heavy atom. The Bertz CT molecular complexity index is 1790. The van der Waals surface area contributed by atoms with Crippen LogP contribution in [0.25, 0.3) is 0 Å². The largest absolute Gasteiger partial charge is 0.528 e. The first kappa shape index (κ1) is 38.4. The Hall–Kier alpha value is -4.36. The normalized spacial score (nSPS) is 14.5. The molecule has 0 unspecified atom stereocenters. The summed E-state index contributed by atoms with van der Waals surface area (Å²) in [6.45, 7) is 16.5. The highest BCUT2D eigenvalue weighted by Gasteiger charge is 2.26. The third-order valence-electron chi connectivity index (χ3n) is 7.92. The lowest BCUT2D eigenvalue weighted by molar-refractivity contribution is -0.155. The molecule has 50 heavy (non-hydrogen) atoms. The number of hydrogen-bond donors (Lipinski definition) is 2. The second-order valence-electron chi connectivity index (χ2n) is 14.6. The molecule has 1 fully saturated rings. The molecule has 1 aliphatic rings. The highest BCUT2D eigenvalue weighted by molar-refractivity contribution is 7.92. The number of rotatable bonds is 11. The summed E-state index contributed by atoms with van der Waals surface area (Å²) in [5.74, 6) is 1.28. The van der Waals surface area contributed by atoms with Crippen molar-refractivity contribution in [3.63, 3.8) is 0 Å². The zero-order valence-corrected chi connectivity index (χ0v) is 31.3. The molecule has 0 bridgehead atoms. The highest BCUT2D eigenvalue weighted by Crippen LogP contribution is 2.40. The maximum Gasteiger partial charge on any atom is 0.528 e. The van der Waals surface area contributed by atoms with E-state index in [9.17, 15) is 18.0 Å². The van der Waals surface area contributed by atoms with Gasteiger partial charge < -0.3 is 24.4 Å². The molecular formula is C37H50N4O8S.